The van der Waals surface area contributed by atoms with E-state index >= 15 is 0 Å². The lowest BCUT2D eigenvalue weighted by atomic mass is 10.3. The number of hydrogen-bond donors (Lipinski definition) is 1. The third-order valence-electron chi connectivity index (χ3n) is 0.788. The molecule has 0 aromatic carbocycles. The minimum Gasteiger partial charge on any atom is -0.302 e. The summed E-state index contributed by atoms with van der Waals surface area (Å²) in [5.41, 5.74) is 2.36. The Labute approximate surface area is 45.6 Å². The van der Waals surface area contributed by atoms with Crippen LogP contribution >= 0.6 is 0 Å². The molecule has 0 atom stereocenters. The van der Waals surface area contributed by atoms with E-state index in [1.807, 2.05) is 0 Å². The first-order valence-electron chi connectivity index (χ1n) is 2.14. The van der Waals surface area contributed by atoms with Gasteiger partial charge in [0.25, 0.3) is 0 Å². The predicted octanol–water partition coefficient (Wildman–Crippen LogP) is -1.29. The summed E-state index contributed by atoms with van der Waals surface area (Å²) in [6.45, 7) is 0.0370. The summed E-state index contributed by atoms with van der Waals surface area (Å²) >= 11 is 0. The highest BCUT2D eigenvalue weighted by Crippen LogP contribution is 1.77. The van der Waals surface area contributed by atoms with Gasteiger partial charge in [-0.1, -0.05) is 0 Å². The van der Waals surface area contributed by atoms with Gasteiger partial charge in [0, 0.05) is 0 Å². The number of carbonyl (C=O) groups is 2. The van der Waals surface area contributed by atoms with Crippen molar-refractivity contribution in [3.8, 4) is 0 Å². The SMILES string of the molecule is O=C1C=NNCC1=O. The monoisotopic (exact) mass is 112 g/mol. The van der Waals surface area contributed by atoms with Crippen molar-refractivity contribution in [1.82, 2.24) is 5.43 Å². The Hall–Kier alpha value is -1.19. The zero-order chi connectivity index (χ0) is 5.98. The van der Waals surface area contributed by atoms with Crippen molar-refractivity contribution in [2.75, 3.05) is 6.54 Å². The quantitative estimate of drug-likeness (QED) is 0.397. The van der Waals surface area contributed by atoms with E-state index in [1.165, 1.54) is 0 Å². The van der Waals surface area contributed by atoms with Crippen molar-refractivity contribution in [3.05, 3.63) is 0 Å². The number of rotatable bonds is 0. The van der Waals surface area contributed by atoms with Gasteiger partial charge >= 0.3 is 0 Å². The average Bonchev–Trinajstić information content (AvgIpc) is 1.77. The maximum atomic E-state index is 10.3. The van der Waals surface area contributed by atoms with Crippen LogP contribution in [0.4, 0.5) is 0 Å². The Bertz CT molecular complexity index is 161. The van der Waals surface area contributed by atoms with Crippen LogP contribution in [0.5, 0.6) is 0 Å². The van der Waals surface area contributed by atoms with Gasteiger partial charge in [-0.05, 0) is 0 Å². The second-order valence-electron chi connectivity index (χ2n) is 1.38. The molecule has 1 heterocycles. The van der Waals surface area contributed by atoms with E-state index < -0.39 is 11.6 Å². The summed E-state index contributed by atoms with van der Waals surface area (Å²) in [6, 6.07) is 0. The first-order chi connectivity index (χ1) is 3.80. The fourth-order valence-corrected chi connectivity index (χ4v) is 0.381. The van der Waals surface area contributed by atoms with E-state index in [4.69, 9.17) is 0 Å². The van der Waals surface area contributed by atoms with E-state index in [1.54, 1.807) is 0 Å². The third-order valence-corrected chi connectivity index (χ3v) is 0.788. The molecule has 8 heavy (non-hydrogen) atoms. The molecule has 4 nitrogen and oxygen atoms in total. The van der Waals surface area contributed by atoms with Crippen LogP contribution in [0.3, 0.4) is 0 Å². The molecule has 0 aromatic rings. The summed E-state index contributed by atoms with van der Waals surface area (Å²) in [5.74, 6) is -0.955. The summed E-state index contributed by atoms with van der Waals surface area (Å²) in [6.07, 6.45) is 0.978. The number of Topliss-reactive ketones (excluding diaryl/α,β-unsaturated/α-hetero) is 2. The average molecular weight is 112 g/mol. The molecule has 1 aliphatic rings. The topological polar surface area (TPSA) is 58.5 Å². The van der Waals surface area contributed by atoms with E-state index in [0.29, 0.717) is 0 Å². The summed E-state index contributed by atoms with van der Waals surface area (Å²) in [4.78, 5) is 20.5. The van der Waals surface area contributed by atoms with E-state index in [2.05, 4.69) is 10.5 Å². The van der Waals surface area contributed by atoms with Gasteiger partial charge < -0.3 is 5.43 Å². The first kappa shape index (κ1) is 4.96. The molecule has 42 valence electrons. The highest BCUT2D eigenvalue weighted by atomic mass is 16.2. The molecule has 0 bridgehead atoms. The Balaban J connectivity index is 2.75. The van der Waals surface area contributed by atoms with Crippen molar-refractivity contribution in [1.29, 1.82) is 0 Å². The van der Waals surface area contributed by atoms with Crippen LogP contribution in [0.15, 0.2) is 5.10 Å². The van der Waals surface area contributed by atoms with Gasteiger partial charge in [0.2, 0.25) is 11.6 Å². The molecule has 0 saturated heterocycles. The van der Waals surface area contributed by atoms with Crippen LogP contribution in [-0.4, -0.2) is 24.3 Å². The lowest BCUT2D eigenvalue weighted by Crippen LogP contribution is -2.31. The molecule has 1 N–H and O–H groups in total. The zero-order valence-electron chi connectivity index (χ0n) is 4.05. The normalized spacial score (nSPS) is 18.5. The number of nitrogens with zero attached hydrogens (tertiary/aromatic N) is 1. The molecule has 0 saturated carbocycles. The highest BCUT2D eigenvalue weighted by molar-refractivity contribution is 6.59. The van der Waals surface area contributed by atoms with Crippen LogP contribution in [-0.2, 0) is 9.59 Å². The first-order valence-corrected chi connectivity index (χ1v) is 2.14. The molecule has 0 fully saturated rings. The van der Waals surface area contributed by atoms with Gasteiger partial charge in [0.05, 0.1) is 12.8 Å². The number of ketones is 2. The van der Waals surface area contributed by atoms with Crippen LogP contribution in [0, 0.1) is 0 Å². The smallest absolute Gasteiger partial charge is 0.243 e. The summed E-state index contributed by atoms with van der Waals surface area (Å²) in [5, 5.41) is 3.36. The van der Waals surface area contributed by atoms with Crippen molar-refractivity contribution < 1.29 is 9.59 Å². The predicted molar refractivity (Wildman–Crippen MR) is 26.5 cm³/mol. The molecule has 0 amide bonds. The van der Waals surface area contributed by atoms with E-state index in [-0.39, 0.29) is 6.54 Å². The van der Waals surface area contributed by atoms with E-state index in [0.717, 1.165) is 6.21 Å². The largest absolute Gasteiger partial charge is 0.302 e. The maximum absolute atomic E-state index is 10.3. The van der Waals surface area contributed by atoms with Crippen molar-refractivity contribution in [3.63, 3.8) is 0 Å². The number of nitrogens with one attached hydrogen (secondary N) is 1. The molecule has 0 radical (unpaired) electrons. The second-order valence-corrected chi connectivity index (χ2v) is 1.38. The molecule has 0 aromatic heterocycles. The Morgan fingerprint density at radius 1 is 1.62 bits per heavy atom. The highest BCUT2D eigenvalue weighted by Gasteiger charge is 2.12. The second kappa shape index (κ2) is 1.73. The minimum absolute atomic E-state index is 0.0370. The standard InChI is InChI=1S/C4H4N2O2/c7-3-1-5-6-2-4(3)8/h1,6H,2H2. The lowest BCUT2D eigenvalue weighted by molar-refractivity contribution is -0.132. The van der Waals surface area contributed by atoms with Gasteiger partial charge in [-0.3, -0.25) is 9.59 Å². The summed E-state index contributed by atoms with van der Waals surface area (Å²) < 4.78 is 0. The van der Waals surface area contributed by atoms with Gasteiger partial charge in [-0.15, -0.1) is 0 Å². The molecule has 0 aliphatic carbocycles. The molecule has 1 aliphatic heterocycles. The van der Waals surface area contributed by atoms with Gasteiger partial charge in [-0.25, -0.2) is 0 Å². The fourth-order valence-electron chi connectivity index (χ4n) is 0.381. The zero-order valence-corrected chi connectivity index (χ0v) is 4.05. The maximum Gasteiger partial charge on any atom is 0.243 e. The number of carbonyl (C=O) groups excluding carboxylic acids is 2. The molecule has 4 heteroatoms. The van der Waals surface area contributed by atoms with Crippen molar-refractivity contribution in [2.24, 2.45) is 5.10 Å². The third kappa shape index (κ3) is 0.726. The van der Waals surface area contributed by atoms with Gasteiger partial charge in [-0.2, -0.15) is 5.10 Å². The van der Waals surface area contributed by atoms with Crippen LogP contribution in [0.2, 0.25) is 0 Å². The number of hydrogen-bond acceptors (Lipinski definition) is 4. The Morgan fingerprint density at radius 3 is 2.75 bits per heavy atom. The fraction of sp³-hybridized carbons (Fsp3) is 0.250. The summed E-state index contributed by atoms with van der Waals surface area (Å²) in [7, 11) is 0. The van der Waals surface area contributed by atoms with Crippen LogP contribution < -0.4 is 5.43 Å². The molecular weight excluding hydrogens is 108 g/mol. The molecule has 0 unspecified atom stereocenters. The lowest BCUT2D eigenvalue weighted by Gasteiger charge is -1.99. The van der Waals surface area contributed by atoms with Crippen LogP contribution in [0.1, 0.15) is 0 Å². The van der Waals surface area contributed by atoms with Gasteiger partial charge in [0.1, 0.15) is 0 Å². The minimum atomic E-state index is -0.524. The molecule has 1 rings (SSSR count). The van der Waals surface area contributed by atoms with E-state index in [9.17, 15) is 9.59 Å². The van der Waals surface area contributed by atoms with Crippen molar-refractivity contribution >= 4 is 17.8 Å². The van der Waals surface area contributed by atoms with Crippen LogP contribution in [0.25, 0.3) is 0 Å². The Morgan fingerprint density at radius 2 is 2.38 bits per heavy atom. The number of hydrazone groups is 1. The Kier molecular flexibility index (Phi) is 1.07. The molecule has 0 spiro atoms. The van der Waals surface area contributed by atoms with Gasteiger partial charge in [0.15, 0.2) is 0 Å². The van der Waals surface area contributed by atoms with Crippen molar-refractivity contribution in [2.45, 2.75) is 0 Å². The molecular formula is C4H4N2O2.